The molecule has 0 spiro atoms. The summed E-state index contributed by atoms with van der Waals surface area (Å²) in [6, 6.07) is 14.3. The van der Waals surface area contributed by atoms with Crippen LogP contribution in [0.1, 0.15) is 78.5 Å². The van der Waals surface area contributed by atoms with Crippen LogP contribution in [0, 0.1) is 0 Å². The molecule has 0 radical (unpaired) electrons. The molecular weight excluding hydrogens is 460 g/mol. The van der Waals surface area contributed by atoms with Gasteiger partial charge in [0.15, 0.2) is 5.69 Å². The number of esters is 1. The van der Waals surface area contributed by atoms with E-state index in [2.05, 4.69) is 4.98 Å². The summed E-state index contributed by atoms with van der Waals surface area (Å²) in [7, 11) is 0. The molecule has 0 saturated heterocycles. The predicted octanol–water partition coefficient (Wildman–Crippen LogP) is 5.02. The lowest BCUT2D eigenvalue weighted by Crippen LogP contribution is -2.23. The Hall–Kier alpha value is -3.49. The molecule has 0 amide bonds. The Bertz CT molecular complexity index is 1190. The standard InChI is InChI=1S/C28H34N2O6/c1-5-15-35-18-23-29-25(28(3,4)34)24(27(33)36-16-6-2)30(23)17-19-11-13-20(14-12-19)21-9-7-8-10-22(21)26(31)32/h7-14,34H,5-6,15-18H2,1-4H3,(H,31,32). The second kappa shape index (κ2) is 12.0. The van der Waals surface area contributed by atoms with Crippen molar-refractivity contribution >= 4 is 11.9 Å². The first kappa shape index (κ1) is 27.1. The van der Waals surface area contributed by atoms with E-state index in [9.17, 15) is 19.8 Å². The minimum Gasteiger partial charge on any atom is -0.478 e. The number of aromatic nitrogens is 2. The van der Waals surface area contributed by atoms with Crippen LogP contribution >= 0.6 is 0 Å². The van der Waals surface area contributed by atoms with E-state index in [0.717, 1.165) is 17.5 Å². The molecule has 8 nitrogen and oxygen atoms in total. The molecule has 0 bridgehead atoms. The molecule has 0 aliphatic carbocycles. The summed E-state index contributed by atoms with van der Waals surface area (Å²) < 4.78 is 12.9. The average Bonchev–Trinajstić information content (AvgIpc) is 3.22. The van der Waals surface area contributed by atoms with E-state index in [1.807, 2.05) is 38.1 Å². The first-order valence-electron chi connectivity index (χ1n) is 12.2. The Kier molecular flexibility index (Phi) is 9.01. The zero-order valence-electron chi connectivity index (χ0n) is 21.3. The summed E-state index contributed by atoms with van der Waals surface area (Å²) in [6.07, 6.45) is 1.51. The van der Waals surface area contributed by atoms with Crippen molar-refractivity contribution in [1.29, 1.82) is 0 Å². The zero-order chi connectivity index (χ0) is 26.3. The molecular formula is C28H34N2O6. The fourth-order valence-electron chi connectivity index (χ4n) is 3.88. The lowest BCUT2D eigenvalue weighted by molar-refractivity contribution is 0.0450. The van der Waals surface area contributed by atoms with Gasteiger partial charge in [0.05, 0.1) is 12.2 Å². The van der Waals surface area contributed by atoms with Crippen molar-refractivity contribution in [1.82, 2.24) is 9.55 Å². The van der Waals surface area contributed by atoms with Crippen LogP contribution in [0.25, 0.3) is 11.1 Å². The largest absolute Gasteiger partial charge is 0.478 e. The number of carboxylic acids is 1. The number of carbonyl (C=O) groups excluding carboxylic acids is 1. The number of nitrogens with zero attached hydrogens (tertiary/aromatic N) is 2. The summed E-state index contributed by atoms with van der Waals surface area (Å²) >= 11 is 0. The van der Waals surface area contributed by atoms with Crippen molar-refractivity contribution in [2.24, 2.45) is 0 Å². The highest BCUT2D eigenvalue weighted by Crippen LogP contribution is 2.28. The van der Waals surface area contributed by atoms with E-state index < -0.39 is 17.5 Å². The molecule has 1 aromatic heterocycles. The van der Waals surface area contributed by atoms with Crippen LogP contribution in [-0.4, -0.2) is 44.9 Å². The van der Waals surface area contributed by atoms with Gasteiger partial charge in [0, 0.05) is 13.2 Å². The molecule has 2 N–H and O–H groups in total. The Morgan fingerprint density at radius 3 is 2.28 bits per heavy atom. The molecule has 36 heavy (non-hydrogen) atoms. The Balaban J connectivity index is 2.02. The van der Waals surface area contributed by atoms with Gasteiger partial charge in [-0.1, -0.05) is 56.3 Å². The molecule has 0 saturated carbocycles. The molecule has 3 rings (SSSR count). The Labute approximate surface area is 211 Å². The number of carboxylic acid groups (broad SMARTS) is 1. The molecule has 0 fully saturated rings. The van der Waals surface area contributed by atoms with Gasteiger partial charge in [-0.25, -0.2) is 14.6 Å². The molecule has 0 atom stereocenters. The Morgan fingerprint density at radius 1 is 1.00 bits per heavy atom. The minimum atomic E-state index is -1.37. The summed E-state index contributed by atoms with van der Waals surface area (Å²) in [5, 5.41) is 20.3. The summed E-state index contributed by atoms with van der Waals surface area (Å²) in [4.78, 5) is 29.3. The van der Waals surface area contributed by atoms with Crippen LogP contribution in [0.4, 0.5) is 0 Å². The van der Waals surface area contributed by atoms with Crippen LogP contribution < -0.4 is 0 Å². The van der Waals surface area contributed by atoms with E-state index in [1.54, 1.807) is 42.7 Å². The van der Waals surface area contributed by atoms with Crippen molar-refractivity contribution in [2.75, 3.05) is 13.2 Å². The van der Waals surface area contributed by atoms with Crippen LogP contribution in [-0.2, 0) is 28.2 Å². The van der Waals surface area contributed by atoms with Gasteiger partial charge in [-0.2, -0.15) is 0 Å². The molecule has 8 heteroatoms. The van der Waals surface area contributed by atoms with Gasteiger partial charge in [0.1, 0.15) is 23.7 Å². The average molecular weight is 495 g/mol. The summed E-state index contributed by atoms with van der Waals surface area (Å²) in [6.45, 7) is 8.37. The van der Waals surface area contributed by atoms with Crippen LogP contribution in [0.15, 0.2) is 48.5 Å². The van der Waals surface area contributed by atoms with Crippen LogP contribution in [0.5, 0.6) is 0 Å². The van der Waals surface area contributed by atoms with E-state index in [1.165, 1.54) is 0 Å². The lowest BCUT2D eigenvalue weighted by Gasteiger charge is -2.18. The smallest absolute Gasteiger partial charge is 0.357 e. The molecule has 0 aliphatic heterocycles. The number of hydrogen-bond acceptors (Lipinski definition) is 6. The second-order valence-corrected chi connectivity index (χ2v) is 9.11. The fourth-order valence-corrected chi connectivity index (χ4v) is 3.88. The van der Waals surface area contributed by atoms with E-state index in [-0.39, 0.29) is 30.2 Å². The Morgan fingerprint density at radius 2 is 1.67 bits per heavy atom. The third-order valence-electron chi connectivity index (χ3n) is 5.60. The van der Waals surface area contributed by atoms with Gasteiger partial charge in [0.25, 0.3) is 0 Å². The number of aliphatic hydroxyl groups is 1. The topological polar surface area (TPSA) is 111 Å². The van der Waals surface area contributed by atoms with Gasteiger partial charge < -0.3 is 24.3 Å². The highest BCUT2D eigenvalue weighted by molar-refractivity contribution is 5.96. The van der Waals surface area contributed by atoms with Crippen LogP contribution in [0.2, 0.25) is 0 Å². The van der Waals surface area contributed by atoms with Gasteiger partial charge in [-0.3, -0.25) is 0 Å². The molecule has 3 aromatic rings. The molecule has 0 aliphatic rings. The molecule has 0 unspecified atom stereocenters. The van der Waals surface area contributed by atoms with Crippen molar-refractivity contribution in [3.05, 3.63) is 76.9 Å². The fraction of sp³-hybridized carbons (Fsp3) is 0.393. The highest BCUT2D eigenvalue weighted by atomic mass is 16.5. The van der Waals surface area contributed by atoms with E-state index >= 15 is 0 Å². The van der Waals surface area contributed by atoms with Crippen LogP contribution in [0.3, 0.4) is 0 Å². The molecule has 1 heterocycles. The molecule has 192 valence electrons. The van der Waals surface area contributed by atoms with Gasteiger partial charge in [0.2, 0.25) is 0 Å². The van der Waals surface area contributed by atoms with Crippen molar-refractivity contribution in [3.63, 3.8) is 0 Å². The first-order valence-corrected chi connectivity index (χ1v) is 12.2. The third kappa shape index (κ3) is 6.38. The van der Waals surface area contributed by atoms with Gasteiger partial charge in [-0.05, 0) is 49.4 Å². The maximum atomic E-state index is 13.1. The minimum absolute atomic E-state index is 0.183. The van der Waals surface area contributed by atoms with Crippen molar-refractivity contribution in [2.45, 2.75) is 59.3 Å². The predicted molar refractivity (Wildman–Crippen MR) is 136 cm³/mol. The molecule has 2 aromatic carbocycles. The number of rotatable bonds is 12. The highest BCUT2D eigenvalue weighted by Gasteiger charge is 2.32. The normalized spacial score (nSPS) is 11.5. The quantitative estimate of drug-likeness (QED) is 0.269. The number of carbonyl (C=O) groups is 2. The van der Waals surface area contributed by atoms with Gasteiger partial charge >= 0.3 is 11.9 Å². The SMILES string of the molecule is CCCOCc1nc(C(C)(C)O)c(C(=O)OCCC)n1Cc1ccc(-c2ccccc2C(=O)O)cc1. The number of aromatic carboxylic acids is 1. The first-order chi connectivity index (χ1) is 17.2. The summed E-state index contributed by atoms with van der Waals surface area (Å²) in [5.74, 6) is -1.02. The van der Waals surface area contributed by atoms with Crippen molar-refractivity contribution < 1.29 is 29.3 Å². The number of imidazole rings is 1. The van der Waals surface area contributed by atoms with Gasteiger partial charge in [-0.15, -0.1) is 0 Å². The number of ether oxygens (including phenoxy) is 2. The lowest BCUT2D eigenvalue weighted by atomic mass is 9.98. The second-order valence-electron chi connectivity index (χ2n) is 9.11. The van der Waals surface area contributed by atoms with E-state index in [0.29, 0.717) is 31.0 Å². The number of benzene rings is 2. The summed E-state index contributed by atoms with van der Waals surface area (Å²) in [5.41, 5.74) is 1.57. The maximum absolute atomic E-state index is 13.1. The maximum Gasteiger partial charge on any atom is 0.357 e. The van der Waals surface area contributed by atoms with E-state index in [4.69, 9.17) is 9.47 Å². The number of hydrogen-bond donors (Lipinski definition) is 2. The van der Waals surface area contributed by atoms with Crippen molar-refractivity contribution in [3.8, 4) is 11.1 Å². The monoisotopic (exact) mass is 494 g/mol. The zero-order valence-corrected chi connectivity index (χ0v) is 21.3. The third-order valence-corrected chi connectivity index (χ3v) is 5.60.